The monoisotopic (exact) mass is 288 g/mol. The van der Waals surface area contributed by atoms with Crippen molar-refractivity contribution in [1.82, 2.24) is 15.3 Å². The second-order valence-corrected chi connectivity index (χ2v) is 6.19. The van der Waals surface area contributed by atoms with Gasteiger partial charge in [0.05, 0.1) is 0 Å². The lowest BCUT2D eigenvalue weighted by molar-refractivity contribution is -0.128. The first-order chi connectivity index (χ1) is 10.3. The Bertz CT molecular complexity index is 474. The molecule has 1 aliphatic heterocycles. The van der Waals surface area contributed by atoms with Gasteiger partial charge < -0.3 is 10.2 Å². The van der Waals surface area contributed by atoms with Gasteiger partial charge in [-0.25, -0.2) is 9.97 Å². The maximum absolute atomic E-state index is 12.2. The van der Waals surface area contributed by atoms with Crippen molar-refractivity contribution in [2.45, 2.75) is 45.1 Å². The van der Waals surface area contributed by atoms with Crippen molar-refractivity contribution >= 4 is 11.9 Å². The van der Waals surface area contributed by atoms with Crippen molar-refractivity contribution in [1.29, 1.82) is 0 Å². The Labute approximate surface area is 126 Å². The minimum Gasteiger partial charge on any atom is -0.353 e. The van der Waals surface area contributed by atoms with Crippen molar-refractivity contribution in [3.05, 3.63) is 18.5 Å². The zero-order valence-corrected chi connectivity index (χ0v) is 12.7. The lowest BCUT2D eigenvalue weighted by Gasteiger charge is -2.39. The van der Waals surface area contributed by atoms with Gasteiger partial charge in [0.25, 0.3) is 0 Å². The first-order valence-electron chi connectivity index (χ1n) is 8.10. The summed E-state index contributed by atoms with van der Waals surface area (Å²) in [7, 11) is 0. The summed E-state index contributed by atoms with van der Waals surface area (Å²) >= 11 is 0. The molecule has 21 heavy (non-hydrogen) atoms. The van der Waals surface area contributed by atoms with Crippen LogP contribution in [0.3, 0.4) is 0 Å². The number of nitrogens with one attached hydrogen (secondary N) is 1. The van der Waals surface area contributed by atoms with E-state index in [1.165, 1.54) is 6.42 Å². The summed E-state index contributed by atoms with van der Waals surface area (Å²) in [6, 6.07) is 2.15. The number of amides is 1. The second-order valence-electron chi connectivity index (χ2n) is 6.19. The average Bonchev–Trinajstić information content (AvgIpc) is 2.46. The van der Waals surface area contributed by atoms with Crippen molar-refractivity contribution in [2.75, 3.05) is 18.0 Å². The molecule has 1 aromatic heterocycles. The van der Waals surface area contributed by atoms with E-state index in [-0.39, 0.29) is 11.8 Å². The third-order valence-corrected chi connectivity index (χ3v) is 4.90. The van der Waals surface area contributed by atoms with Crippen LogP contribution in [0.5, 0.6) is 0 Å². The molecule has 2 fully saturated rings. The number of hydrogen-bond donors (Lipinski definition) is 1. The fourth-order valence-corrected chi connectivity index (χ4v) is 3.24. The first-order valence-corrected chi connectivity index (χ1v) is 8.10. The van der Waals surface area contributed by atoms with E-state index in [1.807, 2.05) is 6.07 Å². The standard InChI is InChI=1S/C16H24N4O/c1-2-12-11-20(16-17-8-4-9-18-16)10-7-14(12)19-15(21)13-5-3-6-13/h4,8-9,12-14H,2-3,5-7,10-11H2,1H3,(H,19,21)/t12-,14+/m1/s1. The summed E-state index contributed by atoms with van der Waals surface area (Å²) < 4.78 is 0. The Hall–Kier alpha value is -1.65. The Kier molecular flexibility index (Phi) is 4.36. The highest BCUT2D eigenvalue weighted by atomic mass is 16.2. The van der Waals surface area contributed by atoms with Gasteiger partial charge in [-0.1, -0.05) is 13.3 Å². The van der Waals surface area contributed by atoms with E-state index in [4.69, 9.17) is 0 Å². The van der Waals surface area contributed by atoms with Gasteiger partial charge in [0, 0.05) is 37.4 Å². The molecule has 1 N–H and O–H groups in total. The van der Waals surface area contributed by atoms with Crippen LogP contribution >= 0.6 is 0 Å². The molecule has 0 radical (unpaired) electrons. The molecule has 1 aliphatic carbocycles. The zero-order valence-electron chi connectivity index (χ0n) is 12.7. The van der Waals surface area contributed by atoms with E-state index in [2.05, 4.69) is 27.1 Å². The van der Waals surface area contributed by atoms with Crippen LogP contribution in [0, 0.1) is 11.8 Å². The van der Waals surface area contributed by atoms with Gasteiger partial charge in [0.15, 0.2) is 0 Å². The quantitative estimate of drug-likeness (QED) is 0.920. The lowest BCUT2D eigenvalue weighted by Crippen LogP contribution is -2.52. The van der Waals surface area contributed by atoms with E-state index in [0.29, 0.717) is 12.0 Å². The average molecular weight is 288 g/mol. The highest BCUT2D eigenvalue weighted by molar-refractivity contribution is 5.79. The number of carbonyl (C=O) groups is 1. The van der Waals surface area contributed by atoms with Crippen molar-refractivity contribution in [2.24, 2.45) is 11.8 Å². The Balaban J connectivity index is 1.59. The minimum absolute atomic E-state index is 0.272. The van der Waals surface area contributed by atoms with Gasteiger partial charge in [0.1, 0.15) is 0 Å². The van der Waals surface area contributed by atoms with Gasteiger partial charge in [-0.15, -0.1) is 0 Å². The van der Waals surface area contributed by atoms with Gasteiger partial charge in [0.2, 0.25) is 11.9 Å². The molecular formula is C16H24N4O. The fraction of sp³-hybridized carbons (Fsp3) is 0.688. The molecule has 0 spiro atoms. The van der Waals surface area contributed by atoms with Gasteiger partial charge in [-0.2, -0.15) is 0 Å². The van der Waals surface area contributed by atoms with Crippen molar-refractivity contribution < 1.29 is 4.79 Å². The topological polar surface area (TPSA) is 58.1 Å². The fourth-order valence-electron chi connectivity index (χ4n) is 3.24. The van der Waals surface area contributed by atoms with E-state index in [0.717, 1.165) is 44.7 Å². The predicted molar refractivity (Wildman–Crippen MR) is 81.9 cm³/mol. The third-order valence-electron chi connectivity index (χ3n) is 4.90. The van der Waals surface area contributed by atoms with Crippen molar-refractivity contribution in [3.63, 3.8) is 0 Å². The molecular weight excluding hydrogens is 264 g/mol. The first kappa shape index (κ1) is 14.3. The molecule has 5 heteroatoms. The maximum atomic E-state index is 12.2. The number of aromatic nitrogens is 2. The van der Waals surface area contributed by atoms with Crippen LogP contribution in [-0.2, 0) is 4.79 Å². The number of rotatable bonds is 4. The molecule has 3 rings (SSSR count). The van der Waals surface area contributed by atoms with Gasteiger partial charge >= 0.3 is 0 Å². The Morgan fingerprint density at radius 2 is 2.10 bits per heavy atom. The summed E-state index contributed by atoms with van der Waals surface area (Å²) in [6.45, 7) is 4.04. The third kappa shape index (κ3) is 3.17. The van der Waals surface area contributed by atoms with Crippen molar-refractivity contribution in [3.8, 4) is 0 Å². The highest BCUT2D eigenvalue weighted by Crippen LogP contribution is 2.28. The molecule has 0 bridgehead atoms. The molecule has 114 valence electrons. The van der Waals surface area contributed by atoms with Crippen LogP contribution in [0.25, 0.3) is 0 Å². The predicted octanol–water partition coefficient (Wildman–Crippen LogP) is 2.00. The van der Waals surface area contributed by atoms with E-state index in [9.17, 15) is 4.79 Å². The summed E-state index contributed by atoms with van der Waals surface area (Å²) in [6.07, 6.45) is 8.97. The molecule has 1 amide bonds. The van der Waals surface area contributed by atoms with E-state index in [1.54, 1.807) is 12.4 Å². The van der Waals surface area contributed by atoms with Gasteiger partial charge in [-0.3, -0.25) is 4.79 Å². The molecule has 5 nitrogen and oxygen atoms in total. The van der Waals surface area contributed by atoms with Crippen LogP contribution < -0.4 is 10.2 Å². The van der Waals surface area contributed by atoms with Crippen LogP contribution in [0.1, 0.15) is 39.0 Å². The molecule has 1 aromatic rings. The largest absolute Gasteiger partial charge is 0.353 e. The van der Waals surface area contributed by atoms with Crippen LogP contribution in [0.4, 0.5) is 5.95 Å². The van der Waals surface area contributed by atoms with Crippen LogP contribution in [-0.4, -0.2) is 35.0 Å². The zero-order chi connectivity index (χ0) is 14.7. The number of piperidine rings is 1. The lowest BCUT2D eigenvalue weighted by atomic mass is 9.83. The second kappa shape index (κ2) is 6.41. The molecule has 2 aliphatic rings. The molecule has 0 aromatic carbocycles. The smallest absolute Gasteiger partial charge is 0.225 e. The molecule has 2 heterocycles. The Morgan fingerprint density at radius 1 is 1.33 bits per heavy atom. The summed E-state index contributed by atoms with van der Waals surface area (Å²) in [5, 5.41) is 3.29. The number of carbonyl (C=O) groups excluding carboxylic acids is 1. The van der Waals surface area contributed by atoms with Crippen LogP contribution in [0.15, 0.2) is 18.5 Å². The summed E-state index contributed by atoms with van der Waals surface area (Å²) in [5.41, 5.74) is 0. The number of hydrogen-bond acceptors (Lipinski definition) is 4. The Morgan fingerprint density at radius 3 is 2.71 bits per heavy atom. The highest BCUT2D eigenvalue weighted by Gasteiger charge is 2.33. The molecule has 2 atom stereocenters. The maximum Gasteiger partial charge on any atom is 0.225 e. The molecule has 1 saturated heterocycles. The van der Waals surface area contributed by atoms with Gasteiger partial charge in [-0.05, 0) is 37.7 Å². The minimum atomic E-state index is 0.272. The van der Waals surface area contributed by atoms with E-state index >= 15 is 0 Å². The number of anilines is 1. The molecule has 0 unspecified atom stereocenters. The molecule has 1 saturated carbocycles. The number of nitrogens with zero attached hydrogens (tertiary/aromatic N) is 3. The SMILES string of the molecule is CC[C@@H]1CN(c2ncccn2)CC[C@@H]1NC(=O)C1CCC1. The normalized spacial score (nSPS) is 26.2. The van der Waals surface area contributed by atoms with E-state index < -0.39 is 0 Å². The summed E-state index contributed by atoms with van der Waals surface area (Å²) in [4.78, 5) is 23.1. The van der Waals surface area contributed by atoms with Crippen LogP contribution in [0.2, 0.25) is 0 Å². The summed E-state index contributed by atoms with van der Waals surface area (Å²) in [5.74, 6) is 1.83.